The molecule has 2 bridgehead atoms. The molecule has 0 unspecified atom stereocenters. The van der Waals surface area contributed by atoms with Gasteiger partial charge in [-0.25, -0.2) is 0 Å². The lowest BCUT2D eigenvalue weighted by Gasteiger charge is -2.40. The maximum atomic E-state index is 13.9. The van der Waals surface area contributed by atoms with Crippen molar-refractivity contribution < 1.29 is 28.5 Å². The van der Waals surface area contributed by atoms with Gasteiger partial charge in [0.25, 0.3) is 0 Å². The lowest BCUT2D eigenvalue weighted by atomic mass is 9.67. The van der Waals surface area contributed by atoms with Crippen LogP contribution < -0.4 is 4.74 Å². The number of para-hydroxylation sites is 1. The minimum Gasteiger partial charge on any atom is -0.496 e. The van der Waals surface area contributed by atoms with Gasteiger partial charge in [-0.2, -0.15) is 0 Å². The van der Waals surface area contributed by atoms with E-state index in [4.69, 9.17) is 18.9 Å². The summed E-state index contributed by atoms with van der Waals surface area (Å²) in [5, 5.41) is 4.65. The van der Waals surface area contributed by atoms with E-state index in [2.05, 4.69) is 42.5 Å². The molecule has 8 rings (SSSR count). The van der Waals surface area contributed by atoms with Crippen LogP contribution in [0.15, 0.2) is 66.7 Å². The molecule has 6 nitrogen and oxygen atoms in total. The van der Waals surface area contributed by atoms with Crippen molar-refractivity contribution in [1.29, 1.82) is 0 Å². The fourth-order valence-electron chi connectivity index (χ4n) is 8.98. The number of ether oxygens (including phenoxy) is 4. The monoisotopic (exact) mass is 520 g/mol. The number of hydrogen-bond acceptors (Lipinski definition) is 6. The van der Waals surface area contributed by atoms with Crippen LogP contribution in [-0.4, -0.2) is 33.3 Å². The van der Waals surface area contributed by atoms with Gasteiger partial charge in [0.05, 0.1) is 27.4 Å². The highest BCUT2D eigenvalue weighted by atomic mass is 16.6. The van der Waals surface area contributed by atoms with Gasteiger partial charge < -0.3 is 18.9 Å². The first kappa shape index (κ1) is 23.0. The topological polar surface area (TPSA) is 71.1 Å². The summed E-state index contributed by atoms with van der Waals surface area (Å²) in [6, 6.07) is 22.8. The third kappa shape index (κ3) is 2.44. The zero-order valence-electron chi connectivity index (χ0n) is 22.0. The van der Waals surface area contributed by atoms with Crippen molar-refractivity contribution in [2.45, 2.75) is 30.5 Å². The van der Waals surface area contributed by atoms with E-state index in [9.17, 15) is 9.59 Å². The first-order valence-corrected chi connectivity index (χ1v) is 13.5. The Bertz CT molecular complexity index is 1720. The minimum absolute atomic E-state index is 0.0547. The summed E-state index contributed by atoms with van der Waals surface area (Å²) in [6.07, 6.45) is 0.947. The molecule has 0 amide bonds. The van der Waals surface area contributed by atoms with Crippen LogP contribution in [0.1, 0.15) is 47.1 Å². The molecule has 1 spiro atoms. The van der Waals surface area contributed by atoms with Crippen molar-refractivity contribution >= 4 is 33.5 Å². The quantitative estimate of drug-likeness (QED) is 0.193. The van der Waals surface area contributed by atoms with E-state index in [0.29, 0.717) is 12.2 Å². The predicted molar refractivity (Wildman–Crippen MR) is 144 cm³/mol. The molecule has 2 aliphatic carbocycles. The van der Waals surface area contributed by atoms with Gasteiger partial charge in [0.2, 0.25) is 0 Å². The van der Waals surface area contributed by atoms with Gasteiger partial charge in [-0.05, 0) is 63.1 Å². The summed E-state index contributed by atoms with van der Waals surface area (Å²) < 4.78 is 23.9. The summed E-state index contributed by atoms with van der Waals surface area (Å²) in [5.41, 5.74) is 2.00. The molecule has 0 aromatic heterocycles. The molecule has 1 saturated carbocycles. The minimum atomic E-state index is -1.52. The van der Waals surface area contributed by atoms with E-state index < -0.39 is 28.9 Å². The largest absolute Gasteiger partial charge is 0.496 e. The van der Waals surface area contributed by atoms with E-state index in [1.54, 1.807) is 7.11 Å². The molecule has 0 N–H and O–H groups in total. The highest BCUT2D eigenvalue weighted by Crippen LogP contribution is 2.78. The normalized spacial score (nSPS) is 28.6. The predicted octanol–water partition coefficient (Wildman–Crippen LogP) is 5.79. The molecule has 4 aromatic carbocycles. The molecular weight excluding hydrogens is 492 g/mol. The average Bonchev–Trinajstić information content (AvgIpc) is 3.56. The third-order valence-electron chi connectivity index (χ3n) is 10.1. The summed E-state index contributed by atoms with van der Waals surface area (Å²) in [4.78, 5) is 27.8. The Morgan fingerprint density at radius 1 is 0.821 bits per heavy atom. The number of carbonyl (C=O) groups excluding carboxylic acids is 2. The van der Waals surface area contributed by atoms with E-state index in [-0.39, 0.29) is 17.9 Å². The summed E-state index contributed by atoms with van der Waals surface area (Å²) in [5.74, 6) is -1.39. The maximum Gasteiger partial charge on any atom is 0.323 e. The number of benzene rings is 4. The van der Waals surface area contributed by atoms with E-state index >= 15 is 0 Å². The molecule has 196 valence electrons. The summed E-state index contributed by atoms with van der Waals surface area (Å²) in [6.45, 7) is 0. The smallest absolute Gasteiger partial charge is 0.323 e. The standard InChI is InChI=1S/C33H28O6/c1-36-23-14-7-6-11-21(23)27-26-20-10-5-4-9-18(20)19-12-8-13-22-24-15-17-16-32(30(34)37-2,31(35)38-3)29(27)33(17,39-24)28(26)25(19)22/h4-14,17,24,27,29H,15-16H2,1-3H3/t17-,24-,27-,29-,33+/m0/s1. The lowest BCUT2D eigenvalue weighted by Crippen LogP contribution is -2.50. The second-order valence-electron chi connectivity index (χ2n) is 11.3. The molecule has 2 aliphatic heterocycles. The van der Waals surface area contributed by atoms with Crippen LogP contribution in [0.5, 0.6) is 5.75 Å². The van der Waals surface area contributed by atoms with Crippen molar-refractivity contribution in [3.8, 4) is 5.75 Å². The molecule has 4 aromatic rings. The number of fused-ring (bicyclic) bond motifs is 5. The number of esters is 2. The molecule has 1 saturated heterocycles. The average molecular weight is 521 g/mol. The molecule has 5 atom stereocenters. The van der Waals surface area contributed by atoms with Gasteiger partial charge in [-0.3, -0.25) is 9.59 Å². The van der Waals surface area contributed by atoms with Crippen molar-refractivity contribution in [3.05, 3.63) is 89.0 Å². The van der Waals surface area contributed by atoms with Crippen molar-refractivity contribution in [2.75, 3.05) is 21.3 Å². The highest BCUT2D eigenvalue weighted by Gasteiger charge is 2.79. The molecule has 6 heteroatoms. The van der Waals surface area contributed by atoms with Crippen LogP contribution in [0.3, 0.4) is 0 Å². The van der Waals surface area contributed by atoms with Crippen molar-refractivity contribution in [3.63, 3.8) is 0 Å². The number of carbonyl (C=O) groups is 2. The van der Waals surface area contributed by atoms with Crippen LogP contribution in [0.25, 0.3) is 21.5 Å². The highest BCUT2D eigenvalue weighted by molar-refractivity contribution is 6.14. The van der Waals surface area contributed by atoms with Gasteiger partial charge in [0.1, 0.15) is 11.4 Å². The number of hydrogen-bond donors (Lipinski definition) is 0. The van der Waals surface area contributed by atoms with Gasteiger partial charge in [-0.1, -0.05) is 60.7 Å². The first-order chi connectivity index (χ1) is 19.0. The Balaban J connectivity index is 1.60. The van der Waals surface area contributed by atoms with Crippen LogP contribution in [-0.2, 0) is 29.4 Å². The zero-order chi connectivity index (χ0) is 26.7. The zero-order valence-corrected chi connectivity index (χ0v) is 22.0. The number of rotatable bonds is 4. The van der Waals surface area contributed by atoms with Crippen LogP contribution >= 0.6 is 0 Å². The Kier molecular flexibility index (Phi) is 4.49. The molecule has 4 aliphatic rings. The lowest BCUT2D eigenvalue weighted by molar-refractivity contribution is -0.180. The van der Waals surface area contributed by atoms with Crippen LogP contribution in [0.2, 0.25) is 0 Å². The summed E-state index contributed by atoms with van der Waals surface area (Å²) in [7, 11) is 4.37. The Morgan fingerprint density at radius 3 is 2.23 bits per heavy atom. The van der Waals surface area contributed by atoms with Gasteiger partial charge in [-0.15, -0.1) is 0 Å². The molecule has 39 heavy (non-hydrogen) atoms. The Morgan fingerprint density at radius 2 is 1.49 bits per heavy atom. The van der Waals surface area contributed by atoms with E-state index in [1.165, 1.54) is 30.6 Å². The molecular formula is C33H28O6. The first-order valence-electron chi connectivity index (χ1n) is 13.5. The number of methoxy groups -OCH3 is 3. The van der Waals surface area contributed by atoms with E-state index in [0.717, 1.165) is 33.9 Å². The van der Waals surface area contributed by atoms with Gasteiger partial charge in [0.15, 0.2) is 5.41 Å². The Hall–Kier alpha value is -3.90. The van der Waals surface area contributed by atoms with Gasteiger partial charge in [0, 0.05) is 17.4 Å². The SMILES string of the molecule is COC(=O)C1(C(=O)OC)C[C@@H]2C[C@@H]3O[C@@]24c2c(c5ccccc5c5cccc3c25)[C@H](c2ccccc2OC)[C@@H]14. The Labute approximate surface area is 225 Å². The maximum absolute atomic E-state index is 13.9. The van der Waals surface area contributed by atoms with Crippen molar-refractivity contribution in [2.24, 2.45) is 17.3 Å². The molecule has 2 fully saturated rings. The third-order valence-corrected chi connectivity index (χ3v) is 10.1. The molecule has 0 radical (unpaired) electrons. The van der Waals surface area contributed by atoms with E-state index in [1.807, 2.05) is 24.3 Å². The second-order valence-corrected chi connectivity index (χ2v) is 11.3. The summed E-state index contributed by atoms with van der Waals surface area (Å²) >= 11 is 0. The fourth-order valence-corrected chi connectivity index (χ4v) is 8.98. The van der Waals surface area contributed by atoms with Crippen LogP contribution in [0, 0.1) is 17.3 Å². The van der Waals surface area contributed by atoms with Crippen molar-refractivity contribution in [1.82, 2.24) is 0 Å². The molecule has 2 heterocycles. The van der Waals surface area contributed by atoms with Gasteiger partial charge >= 0.3 is 11.9 Å². The second kappa shape index (κ2) is 7.60. The van der Waals surface area contributed by atoms with Crippen LogP contribution in [0.4, 0.5) is 0 Å². The fraction of sp³-hybridized carbons (Fsp3) is 0.333.